The molecule has 0 aromatic carbocycles. The van der Waals surface area contributed by atoms with Gasteiger partial charge in [-0.1, -0.05) is 25.5 Å². The first-order valence-corrected chi connectivity index (χ1v) is 5.40. The molecule has 0 aliphatic rings. The van der Waals surface area contributed by atoms with Gasteiger partial charge in [0.1, 0.15) is 0 Å². The van der Waals surface area contributed by atoms with Crippen LogP contribution >= 0.6 is 0 Å². The molecular formula is C13H22O. The van der Waals surface area contributed by atoms with Crippen molar-refractivity contribution in [2.75, 3.05) is 0 Å². The van der Waals surface area contributed by atoms with Crippen LogP contribution in [-0.4, -0.2) is 5.78 Å². The van der Waals surface area contributed by atoms with E-state index in [0.29, 0.717) is 12.2 Å². The molecule has 14 heavy (non-hydrogen) atoms. The molecule has 0 heterocycles. The van der Waals surface area contributed by atoms with E-state index in [0.717, 1.165) is 24.0 Å². The van der Waals surface area contributed by atoms with Crippen molar-refractivity contribution in [3.8, 4) is 0 Å². The van der Waals surface area contributed by atoms with Crippen LogP contribution in [0.5, 0.6) is 0 Å². The van der Waals surface area contributed by atoms with Gasteiger partial charge in [0.15, 0.2) is 5.78 Å². The molecule has 0 unspecified atom stereocenters. The van der Waals surface area contributed by atoms with E-state index < -0.39 is 0 Å². The minimum atomic E-state index is 0.310. The van der Waals surface area contributed by atoms with Gasteiger partial charge in [-0.25, -0.2) is 0 Å². The molecule has 0 saturated heterocycles. The zero-order chi connectivity index (χ0) is 11.1. The molecule has 0 spiro atoms. The van der Waals surface area contributed by atoms with Gasteiger partial charge < -0.3 is 0 Å². The molecule has 0 bridgehead atoms. The Morgan fingerprint density at radius 1 is 1.14 bits per heavy atom. The molecule has 0 rings (SSSR count). The minimum Gasteiger partial charge on any atom is -0.295 e. The number of carbonyl (C=O) groups excluding carboxylic acids is 1. The van der Waals surface area contributed by atoms with Crippen molar-refractivity contribution >= 4 is 5.78 Å². The van der Waals surface area contributed by atoms with Crippen LogP contribution in [0.3, 0.4) is 0 Å². The van der Waals surface area contributed by atoms with Gasteiger partial charge in [-0.05, 0) is 44.8 Å². The first-order chi connectivity index (χ1) is 6.52. The Labute approximate surface area is 87.9 Å². The molecule has 0 N–H and O–H groups in total. The summed E-state index contributed by atoms with van der Waals surface area (Å²) in [5.74, 6) is 0.310. The van der Waals surface area contributed by atoms with Gasteiger partial charge in [0.25, 0.3) is 0 Å². The van der Waals surface area contributed by atoms with Crippen molar-refractivity contribution in [3.63, 3.8) is 0 Å². The van der Waals surface area contributed by atoms with Crippen molar-refractivity contribution in [2.45, 2.75) is 53.9 Å². The standard InChI is InChI=1S/C13H22O/c1-6-8-13(14)12(7-2)11(5)9-10(3)4/h9H,6-8H2,1-5H3/b12-11-. The van der Waals surface area contributed by atoms with Gasteiger partial charge in [0.2, 0.25) is 0 Å². The van der Waals surface area contributed by atoms with Gasteiger partial charge in [0, 0.05) is 6.42 Å². The van der Waals surface area contributed by atoms with Crippen LogP contribution in [0.4, 0.5) is 0 Å². The lowest BCUT2D eigenvalue weighted by Crippen LogP contribution is -2.03. The Balaban J connectivity index is 4.84. The molecule has 0 aliphatic heterocycles. The SMILES string of the molecule is CCCC(=O)/C(CC)=C(/C)C=C(C)C. The van der Waals surface area contributed by atoms with Crippen molar-refractivity contribution in [3.05, 3.63) is 22.8 Å². The van der Waals surface area contributed by atoms with E-state index >= 15 is 0 Å². The topological polar surface area (TPSA) is 17.1 Å². The summed E-state index contributed by atoms with van der Waals surface area (Å²) >= 11 is 0. The molecule has 1 heteroatoms. The summed E-state index contributed by atoms with van der Waals surface area (Å²) in [5, 5.41) is 0. The quantitative estimate of drug-likeness (QED) is 0.476. The van der Waals surface area contributed by atoms with Gasteiger partial charge in [-0.15, -0.1) is 0 Å². The number of ketones is 1. The molecule has 0 radical (unpaired) electrons. The van der Waals surface area contributed by atoms with Gasteiger partial charge >= 0.3 is 0 Å². The van der Waals surface area contributed by atoms with Crippen LogP contribution in [0, 0.1) is 0 Å². The number of hydrogen-bond acceptors (Lipinski definition) is 1. The highest BCUT2D eigenvalue weighted by molar-refractivity contribution is 5.96. The summed E-state index contributed by atoms with van der Waals surface area (Å²) in [7, 11) is 0. The third-order valence-electron chi connectivity index (χ3n) is 2.15. The average molecular weight is 194 g/mol. The average Bonchev–Trinajstić information content (AvgIpc) is 2.04. The van der Waals surface area contributed by atoms with Crippen molar-refractivity contribution < 1.29 is 4.79 Å². The highest BCUT2D eigenvalue weighted by Crippen LogP contribution is 2.15. The van der Waals surface area contributed by atoms with Crippen LogP contribution in [0.2, 0.25) is 0 Å². The van der Waals surface area contributed by atoms with Crippen LogP contribution in [-0.2, 0) is 4.79 Å². The second-order valence-electron chi connectivity index (χ2n) is 3.91. The van der Waals surface area contributed by atoms with Gasteiger partial charge in [0.05, 0.1) is 0 Å². The van der Waals surface area contributed by atoms with Gasteiger partial charge in [-0.2, -0.15) is 0 Å². The number of Topliss-reactive ketones (excluding diaryl/α,β-unsaturated/α-hetero) is 1. The minimum absolute atomic E-state index is 0.310. The molecule has 0 fully saturated rings. The van der Waals surface area contributed by atoms with E-state index in [9.17, 15) is 4.79 Å². The highest BCUT2D eigenvalue weighted by atomic mass is 16.1. The Morgan fingerprint density at radius 3 is 2.07 bits per heavy atom. The number of allylic oxidation sites excluding steroid dienone is 4. The molecule has 0 saturated carbocycles. The van der Waals surface area contributed by atoms with Crippen molar-refractivity contribution in [1.29, 1.82) is 0 Å². The lowest BCUT2D eigenvalue weighted by atomic mass is 9.98. The first-order valence-electron chi connectivity index (χ1n) is 5.40. The monoisotopic (exact) mass is 194 g/mol. The molecular weight excluding hydrogens is 172 g/mol. The summed E-state index contributed by atoms with van der Waals surface area (Å²) < 4.78 is 0. The van der Waals surface area contributed by atoms with E-state index in [-0.39, 0.29) is 0 Å². The Bertz CT molecular complexity index is 252. The zero-order valence-electron chi connectivity index (χ0n) is 10.1. The fourth-order valence-electron chi connectivity index (χ4n) is 1.59. The van der Waals surface area contributed by atoms with Gasteiger partial charge in [-0.3, -0.25) is 4.79 Å². The Hall–Kier alpha value is -0.850. The number of hydrogen-bond donors (Lipinski definition) is 0. The number of carbonyl (C=O) groups is 1. The Morgan fingerprint density at radius 2 is 1.71 bits per heavy atom. The number of rotatable bonds is 5. The fraction of sp³-hybridized carbons (Fsp3) is 0.615. The van der Waals surface area contributed by atoms with E-state index in [1.165, 1.54) is 5.57 Å². The maximum atomic E-state index is 11.7. The first kappa shape index (κ1) is 13.2. The maximum Gasteiger partial charge on any atom is 0.159 e. The second-order valence-corrected chi connectivity index (χ2v) is 3.91. The third kappa shape index (κ3) is 4.40. The van der Waals surface area contributed by atoms with E-state index in [1.54, 1.807) is 0 Å². The normalized spacial score (nSPS) is 12.1. The van der Waals surface area contributed by atoms with Crippen molar-refractivity contribution in [2.24, 2.45) is 0 Å². The lowest BCUT2D eigenvalue weighted by molar-refractivity contribution is -0.115. The molecule has 1 nitrogen and oxygen atoms in total. The van der Waals surface area contributed by atoms with E-state index in [2.05, 4.69) is 19.9 Å². The molecule has 80 valence electrons. The predicted molar refractivity (Wildman–Crippen MR) is 62.3 cm³/mol. The highest BCUT2D eigenvalue weighted by Gasteiger charge is 2.08. The lowest BCUT2D eigenvalue weighted by Gasteiger charge is -2.06. The molecule has 0 aromatic heterocycles. The summed E-state index contributed by atoms with van der Waals surface area (Å²) in [6.07, 6.45) is 4.54. The molecule has 0 aromatic rings. The maximum absolute atomic E-state index is 11.7. The molecule has 0 aliphatic carbocycles. The largest absolute Gasteiger partial charge is 0.295 e. The summed E-state index contributed by atoms with van der Waals surface area (Å²) in [4.78, 5) is 11.7. The van der Waals surface area contributed by atoms with Crippen molar-refractivity contribution in [1.82, 2.24) is 0 Å². The second kappa shape index (κ2) is 6.58. The summed E-state index contributed by atoms with van der Waals surface area (Å²) in [6, 6.07) is 0. The van der Waals surface area contributed by atoms with E-state index in [4.69, 9.17) is 0 Å². The van der Waals surface area contributed by atoms with Crippen LogP contribution in [0.25, 0.3) is 0 Å². The molecule has 0 amide bonds. The Kier molecular flexibility index (Phi) is 6.18. The fourth-order valence-corrected chi connectivity index (χ4v) is 1.59. The van der Waals surface area contributed by atoms with Crippen LogP contribution in [0.15, 0.2) is 22.8 Å². The summed E-state index contributed by atoms with van der Waals surface area (Å²) in [6.45, 7) is 10.2. The molecule has 0 atom stereocenters. The smallest absolute Gasteiger partial charge is 0.159 e. The zero-order valence-corrected chi connectivity index (χ0v) is 10.1. The van der Waals surface area contributed by atoms with E-state index in [1.807, 2.05) is 20.8 Å². The van der Waals surface area contributed by atoms with Crippen LogP contribution in [0.1, 0.15) is 53.9 Å². The predicted octanol–water partition coefficient (Wildman–Crippen LogP) is 4.05. The van der Waals surface area contributed by atoms with Crippen LogP contribution < -0.4 is 0 Å². The third-order valence-corrected chi connectivity index (χ3v) is 2.15. The summed E-state index contributed by atoms with van der Waals surface area (Å²) in [5.41, 5.74) is 3.37.